The molecule has 192 valence electrons. The number of rotatable bonds is 5. The number of carbonyl (C=O) groups excluding carboxylic acids is 1. The van der Waals surface area contributed by atoms with Crippen LogP contribution in [0, 0.1) is 12.7 Å². The Kier molecular flexibility index (Phi) is 6.26. The van der Waals surface area contributed by atoms with Crippen LogP contribution in [0.2, 0.25) is 0 Å². The molecule has 1 saturated heterocycles. The second-order valence-corrected chi connectivity index (χ2v) is 8.55. The molecule has 0 unspecified atom stereocenters. The van der Waals surface area contributed by atoms with Crippen LogP contribution < -0.4 is 5.32 Å². The highest BCUT2D eigenvalue weighted by Crippen LogP contribution is 2.30. The first-order valence-corrected chi connectivity index (χ1v) is 11.1. The summed E-state index contributed by atoms with van der Waals surface area (Å²) < 4.78 is 77.1. The Morgan fingerprint density at radius 3 is 2.58 bits per heavy atom. The van der Waals surface area contributed by atoms with Gasteiger partial charge in [0.2, 0.25) is 0 Å². The SMILES string of the molecule is [2H]C([2H])(Nc1ccc(C(F)(F)F)cn1)[C@@H]1[C@H](C)O[C@H](C)CN1C(=O)c1nn(C)c(C)c1-c1ccc(F)cn1. The van der Waals surface area contributed by atoms with Crippen LogP contribution in [0.15, 0.2) is 36.7 Å². The molecule has 0 aromatic carbocycles. The second kappa shape index (κ2) is 9.84. The molecule has 0 saturated carbocycles. The second-order valence-electron chi connectivity index (χ2n) is 8.55. The van der Waals surface area contributed by atoms with E-state index in [1.54, 1.807) is 27.8 Å². The topological polar surface area (TPSA) is 85.2 Å². The predicted octanol–water partition coefficient (Wildman–Crippen LogP) is 4.07. The number of anilines is 1. The van der Waals surface area contributed by atoms with Crippen molar-refractivity contribution in [1.29, 1.82) is 0 Å². The van der Waals surface area contributed by atoms with Crippen LogP contribution in [-0.4, -0.2) is 61.8 Å². The lowest BCUT2D eigenvalue weighted by molar-refractivity contribution is -0.137. The largest absolute Gasteiger partial charge is 0.417 e. The minimum absolute atomic E-state index is 0.00105. The van der Waals surface area contributed by atoms with Gasteiger partial charge in [0.1, 0.15) is 11.6 Å². The van der Waals surface area contributed by atoms with Crippen molar-refractivity contribution in [2.45, 2.75) is 45.2 Å². The number of ether oxygens (including phenoxy) is 1. The fraction of sp³-hybridized carbons (Fsp3) is 0.417. The highest BCUT2D eigenvalue weighted by molar-refractivity contribution is 5.99. The standard InChI is InChI=1S/C24H26F4N6O2/c1-13-12-34(19(15(3)36-13)11-31-20-8-5-16(9-30-20)24(26,27)28)23(35)22-21(14(2)33(4)32-22)18-7-6-17(25)10-29-18/h5-10,13,15,19H,11-12H2,1-4H3,(H,30,31)/t13-,15+,19-/m1/s1/i11D2. The summed E-state index contributed by atoms with van der Waals surface area (Å²) in [7, 11) is 1.64. The van der Waals surface area contributed by atoms with Gasteiger partial charge >= 0.3 is 6.18 Å². The Labute approximate surface area is 208 Å². The number of nitrogens with zero attached hydrogens (tertiary/aromatic N) is 5. The Morgan fingerprint density at radius 2 is 1.97 bits per heavy atom. The van der Waals surface area contributed by atoms with Gasteiger partial charge in [-0.15, -0.1) is 0 Å². The summed E-state index contributed by atoms with van der Waals surface area (Å²) >= 11 is 0. The molecule has 12 heteroatoms. The molecule has 1 aliphatic heterocycles. The number of aryl methyl sites for hydroxylation is 1. The summed E-state index contributed by atoms with van der Waals surface area (Å²) in [4.78, 5) is 23.0. The molecule has 3 atom stereocenters. The van der Waals surface area contributed by atoms with Crippen molar-refractivity contribution in [3.8, 4) is 11.3 Å². The Bertz CT molecular complexity index is 1320. The first-order chi connectivity index (χ1) is 17.7. The van der Waals surface area contributed by atoms with Crippen molar-refractivity contribution in [3.05, 3.63) is 59.4 Å². The third kappa shape index (κ3) is 5.18. The van der Waals surface area contributed by atoms with Crippen molar-refractivity contribution in [2.24, 2.45) is 7.05 Å². The highest BCUT2D eigenvalue weighted by Gasteiger charge is 2.38. The molecule has 3 aromatic rings. The van der Waals surface area contributed by atoms with Crippen molar-refractivity contribution >= 4 is 11.7 Å². The quantitative estimate of drug-likeness (QED) is 0.523. The van der Waals surface area contributed by atoms with Gasteiger partial charge < -0.3 is 15.0 Å². The molecule has 1 fully saturated rings. The van der Waals surface area contributed by atoms with Gasteiger partial charge in [-0.1, -0.05) is 0 Å². The lowest BCUT2D eigenvalue weighted by Crippen LogP contribution is -2.58. The number of alkyl halides is 3. The van der Waals surface area contributed by atoms with Crippen molar-refractivity contribution < 1.29 is 29.8 Å². The van der Waals surface area contributed by atoms with Gasteiger partial charge in [0.15, 0.2) is 5.69 Å². The summed E-state index contributed by atoms with van der Waals surface area (Å²) in [5, 5.41) is 6.88. The molecule has 1 amide bonds. The van der Waals surface area contributed by atoms with E-state index in [-0.39, 0.29) is 18.1 Å². The van der Waals surface area contributed by atoms with Gasteiger partial charge in [0.05, 0.1) is 44.0 Å². The van der Waals surface area contributed by atoms with E-state index in [1.165, 1.54) is 21.7 Å². The molecular formula is C24H26F4N6O2. The maximum Gasteiger partial charge on any atom is 0.417 e. The summed E-state index contributed by atoms with van der Waals surface area (Å²) in [5.74, 6) is -1.30. The first kappa shape index (κ1) is 22.9. The van der Waals surface area contributed by atoms with Crippen LogP contribution in [0.4, 0.5) is 23.4 Å². The van der Waals surface area contributed by atoms with E-state index in [4.69, 9.17) is 7.48 Å². The van der Waals surface area contributed by atoms with Crippen molar-refractivity contribution in [2.75, 3.05) is 18.4 Å². The van der Waals surface area contributed by atoms with E-state index in [0.717, 1.165) is 18.3 Å². The molecule has 4 rings (SSSR count). The number of hydrogen-bond donors (Lipinski definition) is 1. The van der Waals surface area contributed by atoms with E-state index < -0.39 is 48.2 Å². The minimum atomic E-state index is -4.59. The fourth-order valence-corrected chi connectivity index (χ4v) is 4.04. The molecular weight excluding hydrogens is 480 g/mol. The molecule has 0 spiro atoms. The number of halogens is 4. The normalized spacial score (nSPS) is 21.7. The van der Waals surface area contributed by atoms with E-state index in [1.807, 2.05) is 0 Å². The summed E-state index contributed by atoms with van der Waals surface area (Å²) in [6.45, 7) is 2.71. The van der Waals surface area contributed by atoms with E-state index in [9.17, 15) is 22.4 Å². The first-order valence-electron chi connectivity index (χ1n) is 12.1. The Balaban J connectivity index is 1.70. The predicted molar refractivity (Wildman–Crippen MR) is 124 cm³/mol. The van der Waals surface area contributed by atoms with Crippen LogP contribution >= 0.6 is 0 Å². The average Bonchev–Trinajstić information content (AvgIpc) is 3.12. The Hall–Kier alpha value is -3.54. The van der Waals surface area contributed by atoms with Crippen LogP contribution in [0.25, 0.3) is 11.3 Å². The van der Waals surface area contributed by atoms with Gasteiger partial charge in [-0.05, 0) is 45.0 Å². The monoisotopic (exact) mass is 508 g/mol. The number of aromatic nitrogens is 4. The number of hydrogen-bond acceptors (Lipinski definition) is 6. The molecule has 0 bridgehead atoms. The lowest BCUT2D eigenvalue weighted by atomic mass is 10.0. The molecule has 1 aliphatic rings. The van der Waals surface area contributed by atoms with Crippen LogP contribution in [0.1, 0.15) is 38.3 Å². The highest BCUT2D eigenvalue weighted by atomic mass is 19.4. The van der Waals surface area contributed by atoms with Crippen molar-refractivity contribution in [3.63, 3.8) is 0 Å². The van der Waals surface area contributed by atoms with Gasteiger partial charge in [-0.2, -0.15) is 18.3 Å². The maximum absolute atomic E-state index is 13.9. The molecule has 1 N–H and O–H groups in total. The summed E-state index contributed by atoms with van der Waals surface area (Å²) in [5.41, 5.74) is 0.311. The third-order valence-corrected chi connectivity index (χ3v) is 5.90. The maximum atomic E-state index is 13.9. The molecule has 8 nitrogen and oxygen atoms in total. The number of nitrogens with one attached hydrogen (secondary N) is 1. The minimum Gasteiger partial charge on any atom is -0.372 e. The van der Waals surface area contributed by atoms with Gasteiger partial charge in [0, 0.05) is 32.0 Å². The van der Waals surface area contributed by atoms with Crippen LogP contribution in [-0.2, 0) is 18.0 Å². The fourth-order valence-electron chi connectivity index (χ4n) is 4.04. The Morgan fingerprint density at radius 1 is 1.22 bits per heavy atom. The zero-order chi connectivity index (χ0) is 28.0. The zero-order valence-electron chi connectivity index (χ0n) is 22.0. The molecule has 0 aliphatic carbocycles. The number of amides is 1. The summed E-state index contributed by atoms with van der Waals surface area (Å²) in [6.07, 6.45) is -4.22. The van der Waals surface area contributed by atoms with Crippen LogP contribution in [0.5, 0.6) is 0 Å². The zero-order valence-corrected chi connectivity index (χ0v) is 20.0. The lowest BCUT2D eigenvalue weighted by Gasteiger charge is -2.42. The third-order valence-electron chi connectivity index (χ3n) is 5.90. The van der Waals surface area contributed by atoms with Gasteiger partial charge in [-0.25, -0.2) is 9.37 Å². The van der Waals surface area contributed by atoms with Gasteiger partial charge in [0.25, 0.3) is 5.91 Å². The number of carbonyl (C=O) groups is 1. The van der Waals surface area contributed by atoms with E-state index in [2.05, 4.69) is 20.4 Å². The van der Waals surface area contributed by atoms with Gasteiger partial charge in [-0.3, -0.25) is 14.5 Å². The van der Waals surface area contributed by atoms with E-state index in [0.29, 0.717) is 23.1 Å². The molecule has 3 aromatic heterocycles. The molecule has 0 radical (unpaired) electrons. The van der Waals surface area contributed by atoms with E-state index >= 15 is 0 Å². The molecule has 4 heterocycles. The van der Waals surface area contributed by atoms with Crippen LogP contribution in [0.3, 0.4) is 0 Å². The number of morpholine rings is 1. The number of pyridine rings is 2. The average molecular weight is 509 g/mol. The molecule has 36 heavy (non-hydrogen) atoms. The summed E-state index contributed by atoms with van der Waals surface area (Å²) in [6, 6.07) is 3.23. The smallest absolute Gasteiger partial charge is 0.372 e. The van der Waals surface area contributed by atoms with Crippen molar-refractivity contribution in [1.82, 2.24) is 24.6 Å².